The van der Waals surface area contributed by atoms with E-state index in [0.717, 1.165) is 37.2 Å². The van der Waals surface area contributed by atoms with Gasteiger partial charge in [-0.2, -0.15) is 0 Å². The van der Waals surface area contributed by atoms with Crippen molar-refractivity contribution in [1.82, 2.24) is 4.90 Å². The molecule has 2 aliphatic rings. The lowest BCUT2D eigenvalue weighted by Gasteiger charge is -2.40. The van der Waals surface area contributed by atoms with Crippen molar-refractivity contribution < 1.29 is 14.0 Å². The van der Waals surface area contributed by atoms with Crippen LogP contribution in [0.5, 0.6) is 0 Å². The fraction of sp³-hybridized carbons (Fsp3) is 0.417. The fourth-order valence-corrected chi connectivity index (χ4v) is 4.55. The van der Waals surface area contributed by atoms with Gasteiger partial charge in [0.05, 0.1) is 11.6 Å². The molecule has 29 heavy (non-hydrogen) atoms. The first-order valence-corrected chi connectivity index (χ1v) is 10.4. The van der Waals surface area contributed by atoms with Gasteiger partial charge in [-0.25, -0.2) is 4.39 Å². The number of piperidine rings is 1. The molecule has 152 valence electrons. The number of carbonyl (C=O) groups excluding carboxylic acids is 2. The normalized spacial score (nSPS) is 19.8. The maximum Gasteiger partial charge on any atom is 0.238 e. The third-order valence-corrected chi connectivity index (χ3v) is 6.23. The van der Waals surface area contributed by atoms with Crippen LogP contribution >= 0.6 is 0 Å². The van der Waals surface area contributed by atoms with E-state index < -0.39 is 5.41 Å². The van der Waals surface area contributed by atoms with E-state index in [9.17, 15) is 14.0 Å². The maximum atomic E-state index is 13.5. The highest BCUT2D eigenvalue weighted by Gasteiger charge is 2.47. The van der Waals surface area contributed by atoms with E-state index >= 15 is 0 Å². The second kappa shape index (κ2) is 7.71. The second-order valence-corrected chi connectivity index (χ2v) is 8.53. The molecule has 0 aliphatic carbocycles. The lowest BCUT2D eigenvalue weighted by Crippen LogP contribution is -2.54. The summed E-state index contributed by atoms with van der Waals surface area (Å²) < 4.78 is 13.3. The zero-order valence-electron chi connectivity index (χ0n) is 17.0. The first-order chi connectivity index (χ1) is 13.9. The van der Waals surface area contributed by atoms with Crippen LogP contribution in [0.15, 0.2) is 48.5 Å². The minimum atomic E-state index is -0.621. The molecule has 1 atom stereocenters. The standard InChI is InChI=1S/C24H27FN2O2/c1-24(2)19-8-4-5-9-20(19)27(23(24)29)22(26-14-6-3-7-15-26)16-21(28)17-10-12-18(25)13-11-17/h4-5,8-13,22H,3,6-7,14-16H2,1-2H3. The van der Waals surface area contributed by atoms with Gasteiger partial charge in [-0.05, 0) is 62.6 Å². The Morgan fingerprint density at radius 3 is 2.38 bits per heavy atom. The van der Waals surface area contributed by atoms with Gasteiger partial charge in [0.2, 0.25) is 5.91 Å². The summed E-state index contributed by atoms with van der Waals surface area (Å²) in [6, 6.07) is 13.5. The molecule has 2 heterocycles. The zero-order valence-corrected chi connectivity index (χ0v) is 17.0. The van der Waals surface area contributed by atoms with Gasteiger partial charge in [0.25, 0.3) is 0 Å². The highest BCUT2D eigenvalue weighted by atomic mass is 19.1. The molecular weight excluding hydrogens is 367 g/mol. The molecular formula is C24H27FN2O2. The number of benzene rings is 2. The van der Waals surface area contributed by atoms with Gasteiger partial charge in [0.1, 0.15) is 5.82 Å². The van der Waals surface area contributed by atoms with E-state index in [-0.39, 0.29) is 30.1 Å². The van der Waals surface area contributed by atoms with E-state index in [1.807, 2.05) is 43.0 Å². The summed E-state index contributed by atoms with van der Waals surface area (Å²) in [5, 5.41) is 0. The van der Waals surface area contributed by atoms with Crippen molar-refractivity contribution in [3.63, 3.8) is 0 Å². The fourth-order valence-electron chi connectivity index (χ4n) is 4.55. The summed E-state index contributed by atoms with van der Waals surface area (Å²) in [6.45, 7) is 5.63. The summed E-state index contributed by atoms with van der Waals surface area (Å²) in [4.78, 5) is 30.6. The smallest absolute Gasteiger partial charge is 0.238 e. The van der Waals surface area contributed by atoms with Crippen molar-refractivity contribution in [3.05, 3.63) is 65.5 Å². The van der Waals surface area contributed by atoms with Crippen LogP contribution in [0.3, 0.4) is 0 Å². The average Bonchev–Trinajstić information content (AvgIpc) is 2.93. The molecule has 4 nitrogen and oxygen atoms in total. The maximum absolute atomic E-state index is 13.5. The van der Waals surface area contributed by atoms with Crippen LogP contribution in [-0.2, 0) is 10.2 Å². The summed E-state index contributed by atoms with van der Waals surface area (Å²) in [5.74, 6) is -0.406. The molecule has 0 spiro atoms. The molecule has 0 saturated carbocycles. The van der Waals surface area contributed by atoms with Crippen molar-refractivity contribution in [2.45, 2.75) is 51.1 Å². The number of para-hydroxylation sites is 1. The number of nitrogens with zero attached hydrogens (tertiary/aromatic N) is 2. The number of amides is 1. The van der Waals surface area contributed by atoms with Crippen LogP contribution in [0.1, 0.15) is 55.5 Å². The van der Waals surface area contributed by atoms with Crippen LogP contribution in [-0.4, -0.2) is 35.8 Å². The molecule has 1 amide bonds. The lowest BCUT2D eigenvalue weighted by molar-refractivity contribution is -0.123. The monoisotopic (exact) mass is 394 g/mol. The van der Waals surface area contributed by atoms with Crippen LogP contribution in [0, 0.1) is 5.82 Å². The Kier molecular flexibility index (Phi) is 5.26. The van der Waals surface area contributed by atoms with Crippen LogP contribution in [0.4, 0.5) is 10.1 Å². The number of carbonyl (C=O) groups is 2. The number of Topliss-reactive ketones (excluding diaryl/α,β-unsaturated/α-hetero) is 1. The van der Waals surface area contributed by atoms with E-state index in [1.165, 1.54) is 30.7 Å². The average molecular weight is 394 g/mol. The molecule has 2 aliphatic heterocycles. The molecule has 0 aromatic heterocycles. The van der Waals surface area contributed by atoms with Crippen molar-refractivity contribution in [2.24, 2.45) is 0 Å². The number of ketones is 1. The number of fused-ring (bicyclic) bond motifs is 1. The van der Waals surface area contributed by atoms with Gasteiger partial charge in [-0.15, -0.1) is 0 Å². The first-order valence-electron chi connectivity index (χ1n) is 10.4. The van der Waals surface area contributed by atoms with Gasteiger partial charge in [-0.1, -0.05) is 24.6 Å². The molecule has 2 aromatic rings. The Labute approximate surface area is 171 Å². The molecule has 1 saturated heterocycles. The van der Waals surface area contributed by atoms with Crippen molar-refractivity contribution >= 4 is 17.4 Å². The summed E-state index contributed by atoms with van der Waals surface area (Å²) in [6.07, 6.45) is 3.17. The number of likely N-dealkylation sites (tertiary alicyclic amines) is 1. The predicted molar refractivity (Wildman–Crippen MR) is 112 cm³/mol. The Bertz CT molecular complexity index is 917. The Morgan fingerprint density at radius 2 is 1.69 bits per heavy atom. The topological polar surface area (TPSA) is 40.6 Å². The highest BCUT2D eigenvalue weighted by molar-refractivity contribution is 6.08. The molecule has 1 unspecified atom stereocenters. The van der Waals surface area contributed by atoms with Gasteiger partial charge in [-0.3, -0.25) is 19.4 Å². The molecule has 1 fully saturated rings. The van der Waals surface area contributed by atoms with Crippen molar-refractivity contribution in [3.8, 4) is 0 Å². The minimum absolute atomic E-state index is 0.0289. The van der Waals surface area contributed by atoms with Crippen molar-refractivity contribution in [1.29, 1.82) is 0 Å². The summed E-state index contributed by atoms with van der Waals surface area (Å²) >= 11 is 0. The quantitative estimate of drug-likeness (QED) is 0.700. The van der Waals surface area contributed by atoms with Crippen LogP contribution in [0.25, 0.3) is 0 Å². The van der Waals surface area contributed by atoms with Gasteiger partial charge >= 0.3 is 0 Å². The van der Waals surface area contributed by atoms with E-state index in [2.05, 4.69) is 4.90 Å². The van der Waals surface area contributed by atoms with Crippen LogP contribution in [0.2, 0.25) is 0 Å². The largest absolute Gasteiger partial charge is 0.295 e. The molecule has 2 aromatic carbocycles. The summed E-state index contributed by atoms with van der Waals surface area (Å²) in [7, 11) is 0. The Balaban J connectivity index is 1.70. The van der Waals surface area contributed by atoms with E-state index in [1.54, 1.807) is 0 Å². The number of halogens is 1. The van der Waals surface area contributed by atoms with Crippen molar-refractivity contribution in [2.75, 3.05) is 18.0 Å². The number of anilines is 1. The van der Waals surface area contributed by atoms with Gasteiger partial charge < -0.3 is 0 Å². The first kappa shape index (κ1) is 19.8. The number of hydrogen-bond donors (Lipinski definition) is 0. The minimum Gasteiger partial charge on any atom is -0.295 e. The molecule has 0 N–H and O–H groups in total. The molecule has 0 radical (unpaired) electrons. The van der Waals surface area contributed by atoms with E-state index in [4.69, 9.17) is 0 Å². The number of hydrogen-bond acceptors (Lipinski definition) is 3. The van der Waals surface area contributed by atoms with E-state index in [0.29, 0.717) is 5.56 Å². The SMILES string of the molecule is CC1(C)C(=O)N(C(CC(=O)c2ccc(F)cc2)N2CCCCC2)c2ccccc21. The third kappa shape index (κ3) is 3.60. The highest BCUT2D eigenvalue weighted by Crippen LogP contribution is 2.43. The Morgan fingerprint density at radius 1 is 1.03 bits per heavy atom. The predicted octanol–water partition coefficient (Wildman–Crippen LogP) is 4.53. The summed E-state index contributed by atoms with van der Waals surface area (Å²) in [5.41, 5.74) is 1.75. The number of rotatable bonds is 5. The lowest BCUT2D eigenvalue weighted by atomic mass is 9.86. The zero-order chi connectivity index (χ0) is 20.6. The molecule has 4 rings (SSSR count). The van der Waals surface area contributed by atoms with Gasteiger partial charge in [0, 0.05) is 30.8 Å². The van der Waals surface area contributed by atoms with Crippen LogP contribution < -0.4 is 4.90 Å². The molecule has 5 heteroatoms. The third-order valence-electron chi connectivity index (χ3n) is 6.23. The second-order valence-electron chi connectivity index (χ2n) is 8.53. The van der Waals surface area contributed by atoms with Gasteiger partial charge in [0.15, 0.2) is 5.78 Å². The Hall–Kier alpha value is -2.53. The molecule has 0 bridgehead atoms.